The molecule has 18 heavy (non-hydrogen) atoms. The molecular weight excluding hydrogens is 268 g/mol. The summed E-state index contributed by atoms with van der Waals surface area (Å²) in [5.74, 6) is 0.450. The molecule has 94 valence electrons. The Hall–Kier alpha value is -1.16. The van der Waals surface area contributed by atoms with Crippen LogP contribution in [-0.4, -0.2) is 9.32 Å². The van der Waals surface area contributed by atoms with E-state index < -0.39 is 10.8 Å². The fourth-order valence-electron chi connectivity index (χ4n) is 1.58. The van der Waals surface area contributed by atoms with Gasteiger partial charge in [0.25, 0.3) is 0 Å². The molecule has 1 N–H and O–H groups in total. The van der Waals surface area contributed by atoms with E-state index in [4.69, 9.17) is 16.7 Å². The Kier molecular flexibility index (Phi) is 4.53. The van der Waals surface area contributed by atoms with Crippen molar-refractivity contribution >= 4 is 22.4 Å². The van der Waals surface area contributed by atoms with Crippen LogP contribution in [0.25, 0.3) is 0 Å². The van der Waals surface area contributed by atoms with Crippen LogP contribution >= 0.6 is 11.6 Å². The Morgan fingerprint density at radius 1 is 1.06 bits per heavy atom. The molecule has 0 saturated carbocycles. The van der Waals surface area contributed by atoms with Gasteiger partial charge in [0.05, 0.1) is 23.2 Å². The van der Waals surface area contributed by atoms with E-state index in [1.807, 2.05) is 30.3 Å². The van der Waals surface area contributed by atoms with Gasteiger partial charge in [-0.2, -0.15) is 0 Å². The largest absolute Gasteiger partial charge is 0.392 e. The van der Waals surface area contributed by atoms with E-state index in [1.54, 1.807) is 18.2 Å². The number of rotatable bonds is 4. The molecule has 0 radical (unpaired) electrons. The quantitative estimate of drug-likeness (QED) is 0.934. The third-order valence-corrected chi connectivity index (χ3v) is 4.17. The van der Waals surface area contributed by atoms with Crippen molar-refractivity contribution in [2.24, 2.45) is 0 Å². The van der Waals surface area contributed by atoms with Gasteiger partial charge in [0.2, 0.25) is 0 Å². The Bertz CT molecular complexity index is 552. The van der Waals surface area contributed by atoms with E-state index in [9.17, 15) is 4.21 Å². The van der Waals surface area contributed by atoms with Crippen LogP contribution in [0, 0.1) is 0 Å². The first-order valence-electron chi connectivity index (χ1n) is 5.51. The zero-order valence-electron chi connectivity index (χ0n) is 9.67. The predicted molar refractivity (Wildman–Crippen MR) is 73.9 cm³/mol. The second-order valence-corrected chi connectivity index (χ2v) is 5.81. The van der Waals surface area contributed by atoms with Gasteiger partial charge in [0.1, 0.15) is 0 Å². The summed E-state index contributed by atoms with van der Waals surface area (Å²) < 4.78 is 12.1. The smallest absolute Gasteiger partial charge is 0.0681 e. The Morgan fingerprint density at radius 2 is 1.72 bits per heavy atom. The molecule has 2 aromatic carbocycles. The van der Waals surface area contributed by atoms with E-state index in [0.717, 1.165) is 16.0 Å². The lowest BCUT2D eigenvalue weighted by molar-refractivity contribution is 0.282. The summed E-state index contributed by atoms with van der Waals surface area (Å²) >= 11 is 5.87. The number of hydrogen-bond donors (Lipinski definition) is 1. The number of aliphatic hydroxyl groups excluding tert-OH is 1. The second kappa shape index (κ2) is 6.14. The molecule has 0 saturated heterocycles. The van der Waals surface area contributed by atoms with Crippen molar-refractivity contribution in [2.75, 3.05) is 0 Å². The highest BCUT2D eigenvalue weighted by atomic mass is 35.5. The van der Waals surface area contributed by atoms with Crippen molar-refractivity contribution < 1.29 is 9.32 Å². The number of halogens is 1. The maximum atomic E-state index is 12.1. The third-order valence-electron chi connectivity index (χ3n) is 2.56. The van der Waals surface area contributed by atoms with Gasteiger partial charge in [0.15, 0.2) is 0 Å². The van der Waals surface area contributed by atoms with Crippen LogP contribution in [0.4, 0.5) is 0 Å². The number of hydrogen-bond acceptors (Lipinski definition) is 2. The van der Waals surface area contributed by atoms with Crippen LogP contribution in [-0.2, 0) is 23.2 Å². The van der Waals surface area contributed by atoms with E-state index in [-0.39, 0.29) is 6.61 Å². The molecule has 1 atom stereocenters. The molecule has 0 aromatic heterocycles. The Balaban J connectivity index is 2.11. The summed E-state index contributed by atoms with van der Waals surface area (Å²) in [5.41, 5.74) is 1.83. The summed E-state index contributed by atoms with van der Waals surface area (Å²) in [5, 5.41) is 9.54. The molecular formula is C14H13ClO2S. The number of aliphatic hydroxyl groups is 1. The molecule has 0 amide bonds. The maximum Gasteiger partial charge on any atom is 0.0681 e. The zero-order valence-corrected chi connectivity index (χ0v) is 11.2. The first-order chi connectivity index (χ1) is 8.69. The number of benzene rings is 2. The van der Waals surface area contributed by atoms with Gasteiger partial charge in [-0.3, -0.25) is 4.21 Å². The molecule has 2 aromatic rings. The fraction of sp³-hybridized carbons (Fsp3) is 0.143. The highest BCUT2D eigenvalue weighted by molar-refractivity contribution is 7.84. The summed E-state index contributed by atoms with van der Waals surface area (Å²) in [6, 6.07) is 14.5. The van der Waals surface area contributed by atoms with E-state index in [2.05, 4.69) is 0 Å². The average Bonchev–Trinajstić information content (AvgIpc) is 2.39. The summed E-state index contributed by atoms with van der Waals surface area (Å²) in [6.07, 6.45) is 0. The summed E-state index contributed by atoms with van der Waals surface area (Å²) in [6.45, 7) is 0.0255. The Morgan fingerprint density at radius 3 is 2.33 bits per heavy atom. The molecule has 0 heterocycles. The van der Waals surface area contributed by atoms with Crippen LogP contribution in [0.15, 0.2) is 53.4 Å². The standard InChI is InChI=1S/C14H13ClO2S/c15-13-2-1-3-14(8-13)18(17)10-12-6-4-11(9-16)5-7-12/h1-8,16H,9-10H2. The van der Waals surface area contributed by atoms with E-state index >= 15 is 0 Å². The monoisotopic (exact) mass is 280 g/mol. The lowest BCUT2D eigenvalue weighted by Gasteiger charge is -2.04. The van der Waals surface area contributed by atoms with Crippen LogP contribution in [0.1, 0.15) is 11.1 Å². The third kappa shape index (κ3) is 3.42. The molecule has 0 spiro atoms. The van der Waals surface area contributed by atoms with Gasteiger partial charge < -0.3 is 5.11 Å². The van der Waals surface area contributed by atoms with Crippen LogP contribution in [0.2, 0.25) is 5.02 Å². The van der Waals surface area contributed by atoms with Crippen molar-refractivity contribution in [3.8, 4) is 0 Å². The van der Waals surface area contributed by atoms with Crippen LogP contribution < -0.4 is 0 Å². The van der Waals surface area contributed by atoms with Gasteiger partial charge in [0, 0.05) is 9.92 Å². The highest BCUT2D eigenvalue weighted by Crippen LogP contribution is 2.17. The highest BCUT2D eigenvalue weighted by Gasteiger charge is 2.05. The molecule has 0 aliphatic carbocycles. The van der Waals surface area contributed by atoms with Crippen LogP contribution in [0.3, 0.4) is 0 Å². The fourth-order valence-corrected chi connectivity index (χ4v) is 2.99. The minimum Gasteiger partial charge on any atom is -0.392 e. The Labute approximate surface area is 114 Å². The van der Waals surface area contributed by atoms with Gasteiger partial charge in [-0.05, 0) is 29.3 Å². The molecule has 0 aliphatic rings. The van der Waals surface area contributed by atoms with Crippen LogP contribution in [0.5, 0.6) is 0 Å². The van der Waals surface area contributed by atoms with E-state index in [0.29, 0.717) is 10.8 Å². The first-order valence-corrected chi connectivity index (χ1v) is 7.21. The molecule has 2 rings (SSSR count). The first kappa shape index (κ1) is 13.3. The molecule has 0 fully saturated rings. The zero-order chi connectivity index (χ0) is 13.0. The lowest BCUT2D eigenvalue weighted by Crippen LogP contribution is -1.96. The topological polar surface area (TPSA) is 37.3 Å². The maximum absolute atomic E-state index is 12.1. The predicted octanol–water partition coefficient (Wildman–Crippen LogP) is 3.14. The van der Waals surface area contributed by atoms with Gasteiger partial charge in [-0.1, -0.05) is 41.9 Å². The minimum absolute atomic E-state index is 0.0255. The SMILES string of the molecule is O=S(Cc1ccc(CO)cc1)c1cccc(Cl)c1. The van der Waals surface area contributed by atoms with Gasteiger partial charge >= 0.3 is 0 Å². The van der Waals surface area contributed by atoms with Crippen molar-refractivity contribution in [1.82, 2.24) is 0 Å². The van der Waals surface area contributed by atoms with Crippen molar-refractivity contribution in [1.29, 1.82) is 0 Å². The lowest BCUT2D eigenvalue weighted by atomic mass is 10.2. The van der Waals surface area contributed by atoms with Gasteiger partial charge in [-0.15, -0.1) is 0 Å². The van der Waals surface area contributed by atoms with Crippen molar-refractivity contribution in [3.63, 3.8) is 0 Å². The molecule has 2 nitrogen and oxygen atoms in total. The minimum atomic E-state index is -1.10. The van der Waals surface area contributed by atoms with Crippen molar-refractivity contribution in [2.45, 2.75) is 17.3 Å². The molecule has 1 unspecified atom stereocenters. The van der Waals surface area contributed by atoms with E-state index in [1.165, 1.54) is 0 Å². The molecule has 4 heteroatoms. The average molecular weight is 281 g/mol. The summed E-state index contributed by atoms with van der Waals surface area (Å²) in [4.78, 5) is 0.730. The van der Waals surface area contributed by atoms with Crippen molar-refractivity contribution in [3.05, 3.63) is 64.7 Å². The van der Waals surface area contributed by atoms with Gasteiger partial charge in [-0.25, -0.2) is 0 Å². The normalized spacial score (nSPS) is 12.3. The second-order valence-electron chi connectivity index (χ2n) is 3.92. The molecule has 0 aliphatic heterocycles. The summed E-state index contributed by atoms with van der Waals surface area (Å²) in [7, 11) is -1.10. The molecule has 0 bridgehead atoms.